The molecule has 0 radical (unpaired) electrons. The fourth-order valence-electron chi connectivity index (χ4n) is 0.926. The summed E-state index contributed by atoms with van der Waals surface area (Å²) in [4.78, 5) is 7.94. The van der Waals surface area contributed by atoms with E-state index >= 15 is 0 Å². The molecule has 0 saturated heterocycles. The first kappa shape index (κ1) is 9.73. The first-order chi connectivity index (χ1) is 6.36. The molecule has 0 saturated carbocycles. The maximum atomic E-state index is 5.21. The lowest BCUT2D eigenvalue weighted by Crippen LogP contribution is -2.10. The molecule has 1 heterocycles. The Balaban J connectivity index is 2.46. The lowest BCUT2D eigenvalue weighted by molar-refractivity contribution is 0.830. The Morgan fingerprint density at radius 1 is 1.38 bits per heavy atom. The molecule has 72 valence electrons. The lowest BCUT2D eigenvalue weighted by atomic mass is 10.3. The number of unbranched alkanes of at least 4 members (excludes halogenated alkanes) is 1. The highest BCUT2D eigenvalue weighted by Gasteiger charge is 1.94. The van der Waals surface area contributed by atoms with Gasteiger partial charge in [-0.2, -0.15) is 0 Å². The molecule has 5 nitrogen and oxygen atoms in total. The molecule has 0 fully saturated rings. The van der Waals surface area contributed by atoms with Crippen molar-refractivity contribution in [3.05, 3.63) is 12.4 Å². The van der Waals surface area contributed by atoms with E-state index in [1.54, 1.807) is 6.07 Å². The van der Waals surface area contributed by atoms with E-state index in [0.717, 1.165) is 18.8 Å². The maximum Gasteiger partial charge on any atom is 0.145 e. The summed E-state index contributed by atoms with van der Waals surface area (Å²) >= 11 is 0. The molecule has 1 rings (SSSR count). The normalized spacial score (nSPS) is 9.69. The Bertz CT molecular complexity index is 250. The van der Waals surface area contributed by atoms with Crippen LogP contribution >= 0.6 is 0 Å². The summed E-state index contributed by atoms with van der Waals surface area (Å²) in [5.41, 5.74) is 2.47. The van der Waals surface area contributed by atoms with Crippen molar-refractivity contribution in [2.45, 2.75) is 19.8 Å². The van der Waals surface area contributed by atoms with E-state index in [4.69, 9.17) is 5.84 Å². The number of nitrogen functional groups attached to an aromatic ring is 1. The molecule has 0 aliphatic heterocycles. The third-order valence-corrected chi connectivity index (χ3v) is 1.65. The molecule has 0 spiro atoms. The van der Waals surface area contributed by atoms with Crippen LogP contribution in [0.5, 0.6) is 0 Å². The van der Waals surface area contributed by atoms with Crippen LogP contribution in [0.15, 0.2) is 12.4 Å². The highest BCUT2D eigenvalue weighted by atomic mass is 15.3. The number of rotatable bonds is 5. The molecule has 0 amide bonds. The topological polar surface area (TPSA) is 75.9 Å². The van der Waals surface area contributed by atoms with Crippen LogP contribution in [0.2, 0.25) is 0 Å². The molecule has 0 aliphatic rings. The van der Waals surface area contributed by atoms with Crippen molar-refractivity contribution >= 4 is 11.6 Å². The van der Waals surface area contributed by atoms with Crippen molar-refractivity contribution in [2.24, 2.45) is 5.84 Å². The number of aromatic nitrogens is 2. The van der Waals surface area contributed by atoms with E-state index < -0.39 is 0 Å². The molecule has 0 aromatic carbocycles. The van der Waals surface area contributed by atoms with Crippen molar-refractivity contribution in [3.8, 4) is 0 Å². The molecule has 0 aliphatic carbocycles. The number of hydrazine groups is 1. The van der Waals surface area contributed by atoms with Crippen LogP contribution in [0.3, 0.4) is 0 Å². The average molecular weight is 181 g/mol. The van der Waals surface area contributed by atoms with Crippen molar-refractivity contribution < 1.29 is 0 Å². The largest absolute Gasteiger partial charge is 0.370 e. The first-order valence-corrected chi connectivity index (χ1v) is 4.39. The number of anilines is 2. The molecule has 1 aromatic heterocycles. The molecule has 0 unspecified atom stereocenters. The standard InChI is InChI=1S/C8H15N5/c1-2-3-4-10-7-5-8(13-9)12-6-11-7/h5-6H,2-4,9H2,1H3,(H2,10,11,12,13). The molecule has 5 heteroatoms. The number of nitrogens with zero attached hydrogens (tertiary/aromatic N) is 2. The van der Waals surface area contributed by atoms with Crippen LogP contribution in [-0.2, 0) is 0 Å². The Morgan fingerprint density at radius 2 is 2.15 bits per heavy atom. The van der Waals surface area contributed by atoms with Gasteiger partial charge in [-0.1, -0.05) is 13.3 Å². The van der Waals surface area contributed by atoms with E-state index in [-0.39, 0.29) is 0 Å². The van der Waals surface area contributed by atoms with Crippen LogP contribution in [0.4, 0.5) is 11.6 Å². The Labute approximate surface area is 77.7 Å². The Kier molecular flexibility index (Phi) is 3.98. The zero-order valence-electron chi connectivity index (χ0n) is 7.75. The Hall–Kier alpha value is -1.36. The fraction of sp³-hybridized carbons (Fsp3) is 0.500. The van der Waals surface area contributed by atoms with Gasteiger partial charge in [0.1, 0.15) is 18.0 Å². The van der Waals surface area contributed by atoms with Gasteiger partial charge in [0.2, 0.25) is 0 Å². The van der Waals surface area contributed by atoms with Gasteiger partial charge in [-0.3, -0.25) is 0 Å². The second-order valence-electron chi connectivity index (χ2n) is 2.71. The number of nitrogens with one attached hydrogen (secondary N) is 2. The van der Waals surface area contributed by atoms with Crippen molar-refractivity contribution in [1.29, 1.82) is 0 Å². The predicted molar refractivity (Wildman–Crippen MR) is 53.2 cm³/mol. The van der Waals surface area contributed by atoms with E-state index in [0.29, 0.717) is 5.82 Å². The van der Waals surface area contributed by atoms with E-state index in [1.807, 2.05) is 0 Å². The van der Waals surface area contributed by atoms with Crippen molar-refractivity contribution in [1.82, 2.24) is 9.97 Å². The quantitative estimate of drug-likeness (QED) is 0.358. The van der Waals surface area contributed by atoms with E-state index in [9.17, 15) is 0 Å². The molecule has 13 heavy (non-hydrogen) atoms. The van der Waals surface area contributed by atoms with Gasteiger partial charge in [0.25, 0.3) is 0 Å². The highest BCUT2D eigenvalue weighted by Crippen LogP contribution is 2.06. The number of hydrogen-bond donors (Lipinski definition) is 3. The van der Waals surface area contributed by atoms with Crippen LogP contribution in [0.1, 0.15) is 19.8 Å². The summed E-state index contributed by atoms with van der Waals surface area (Å²) in [7, 11) is 0. The minimum absolute atomic E-state index is 0.619. The van der Waals surface area contributed by atoms with Gasteiger partial charge < -0.3 is 10.7 Å². The second kappa shape index (κ2) is 5.31. The molecule has 1 aromatic rings. The molecular weight excluding hydrogens is 166 g/mol. The van der Waals surface area contributed by atoms with Crippen LogP contribution < -0.4 is 16.6 Å². The minimum atomic E-state index is 0.619. The third-order valence-electron chi connectivity index (χ3n) is 1.65. The van der Waals surface area contributed by atoms with Gasteiger partial charge in [0, 0.05) is 12.6 Å². The summed E-state index contributed by atoms with van der Waals surface area (Å²) in [5.74, 6) is 6.63. The van der Waals surface area contributed by atoms with Crippen molar-refractivity contribution in [2.75, 3.05) is 17.3 Å². The van der Waals surface area contributed by atoms with E-state index in [1.165, 1.54) is 12.7 Å². The van der Waals surface area contributed by atoms with Crippen molar-refractivity contribution in [3.63, 3.8) is 0 Å². The Morgan fingerprint density at radius 3 is 2.85 bits per heavy atom. The summed E-state index contributed by atoms with van der Waals surface area (Å²) in [6.45, 7) is 3.08. The van der Waals surface area contributed by atoms with Gasteiger partial charge in [0.15, 0.2) is 0 Å². The predicted octanol–water partition coefficient (Wildman–Crippen LogP) is 0.974. The monoisotopic (exact) mass is 181 g/mol. The zero-order chi connectivity index (χ0) is 9.52. The average Bonchev–Trinajstić information content (AvgIpc) is 2.19. The molecule has 4 N–H and O–H groups in total. The first-order valence-electron chi connectivity index (χ1n) is 4.39. The molecule has 0 bridgehead atoms. The summed E-state index contributed by atoms with van der Waals surface area (Å²) < 4.78 is 0. The third kappa shape index (κ3) is 3.25. The summed E-state index contributed by atoms with van der Waals surface area (Å²) in [6.07, 6.45) is 3.78. The van der Waals surface area contributed by atoms with Gasteiger partial charge in [-0.25, -0.2) is 15.8 Å². The molecule has 0 atom stereocenters. The zero-order valence-corrected chi connectivity index (χ0v) is 7.75. The van der Waals surface area contributed by atoms with Gasteiger partial charge in [0.05, 0.1) is 0 Å². The SMILES string of the molecule is CCCCNc1cc(NN)ncn1. The van der Waals surface area contributed by atoms with Crippen LogP contribution in [-0.4, -0.2) is 16.5 Å². The summed E-state index contributed by atoms with van der Waals surface area (Å²) in [5, 5.41) is 3.17. The lowest BCUT2D eigenvalue weighted by Gasteiger charge is -2.04. The smallest absolute Gasteiger partial charge is 0.145 e. The summed E-state index contributed by atoms with van der Waals surface area (Å²) in [6, 6.07) is 1.77. The highest BCUT2D eigenvalue weighted by molar-refractivity contribution is 5.45. The fourth-order valence-corrected chi connectivity index (χ4v) is 0.926. The number of hydrogen-bond acceptors (Lipinski definition) is 5. The van der Waals surface area contributed by atoms with E-state index in [2.05, 4.69) is 27.6 Å². The van der Waals surface area contributed by atoms with Gasteiger partial charge >= 0.3 is 0 Å². The van der Waals surface area contributed by atoms with Crippen LogP contribution in [0.25, 0.3) is 0 Å². The van der Waals surface area contributed by atoms with Gasteiger partial charge in [-0.15, -0.1) is 0 Å². The maximum absolute atomic E-state index is 5.21. The minimum Gasteiger partial charge on any atom is -0.370 e. The second-order valence-corrected chi connectivity index (χ2v) is 2.71. The molecular formula is C8H15N5. The van der Waals surface area contributed by atoms with Gasteiger partial charge in [-0.05, 0) is 6.42 Å². The van der Waals surface area contributed by atoms with Crippen LogP contribution in [0, 0.1) is 0 Å². The number of nitrogens with two attached hydrogens (primary N) is 1.